The molecule has 0 spiro atoms. The van der Waals surface area contributed by atoms with Gasteiger partial charge in [-0.1, -0.05) is 39.8 Å². The van der Waals surface area contributed by atoms with Gasteiger partial charge in [0.05, 0.1) is 5.56 Å². The number of ether oxygens (including phenoxy) is 4. The lowest BCUT2D eigenvalue weighted by Crippen LogP contribution is -2.35. The zero-order valence-corrected chi connectivity index (χ0v) is 23.2. The van der Waals surface area contributed by atoms with Crippen molar-refractivity contribution in [2.45, 2.75) is 71.8 Å². The van der Waals surface area contributed by atoms with Gasteiger partial charge in [0.25, 0.3) is 0 Å². The SMILES string of the molecule is C=CCOc1ccc(C(=O)Oc2ccc(OC(=O)CCCCC(=O)OC3CC(C)CCC3C(C)C)cc2)cc1. The highest BCUT2D eigenvalue weighted by Gasteiger charge is 2.33. The molecule has 1 fully saturated rings. The summed E-state index contributed by atoms with van der Waals surface area (Å²) >= 11 is 0. The van der Waals surface area contributed by atoms with Crippen molar-refractivity contribution in [3.05, 3.63) is 66.7 Å². The molecule has 7 heteroatoms. The van der Waals surface area contributed by atoms with Gasteiger partial charge < -0.3 is 18.9 Å². The summed E-state index contributed by atoms with van der Waals surface area (Å²) in [5.41, 5.74) is 0.383. The van der Waals surface area contributed by atoms with E-state index in [-0.39, 0.29) is 24.5 Å². The highest BCUT2D eigenvalue weighted by molar-refractivity contribution is 5.91. The predicted octanol–water partition coefficient (Wildman–Crippen LogP) is 6.94. The van der Waals surface area contributed by atoms with E-state index in [1.54, 1.807) is 54.6 Å². The molecule has 0 radical (unpaired) electrons. The van der Waals surface area contributed by atoms with E-state index in [0.717, 1.165) is 12.8 Å². The Labute approximate surface area is 231 Å². The summed E-state index contributed by atoms with van der Waals surface area (Å²) in [4.78, 5) is 37.0. The fourth-order valence-corrected chi connectivity index (χ4v) is 4.78. The fourth-order valence-electron chi connectivity index (χ4n) is 4.78. The third-order valence-corrected chi connectivity index (χ3v) is 6.98. The third-order valence-electron chi connectivity index (χ3n) is 6.98. The van der Waals surface area contributed by atoms with Gasteiger partial charge in [0.1, 0.15) is 30.0 Å². The molecule has 3 unspecified atom stereocenters. The van der Waals surface area contributed by atoms with E-state index in [0.29, 0.717) is 66.4 Å². The van der Waals surface area contributed by atoms with Gasteiger partial charge in [0.2, 0.25) is 0 Å². The minimum Gasteiger partial charge on any atom is -0.490 e. The lowest BCUT2D eigenvalue weighted by molar-refractivity contribution is -0.156. The second-order valence-corrected chi connectivity index (χ2v) is 10.5. The van der Waals surface area contributed by atoms with Gasteiger partial charge in [-0.05, 0) is 92.0 Å². The Balaban J connectivity index is 1.36. The van der Waals surface area contributed by atoms with Gasteiger partial charge in [-0.2, -0.15) is 0 Å². The number of carbonyl (C=O) groups is 3. The van der Waals surface area contributed by atoms with Gasteiger partial charge in [-0.25, -0.2) is 4.79 Å². The first-order valence-electron chi connectivity index (χ1n) is 13.8. The van der Waals surface area contributed by atoms with Crippen LogP contribution in [0.5, 0.6) is 17.2 Å². The van der Waals surface area contributed by atoms with E-state index in [2.05, 4.69) is 27.4 Å². The standard InChI is InChI=1S/C32H40O7/c1-5-20-36-25-13-11-24(12-14-25)32(35)38-27-17-15-26(16-18-27)37-30(33)8-6-7-9-31(34)39-29-21-23(4)10-19-28(29)22(2)3/h5,11-18,22-23,28-29H,1,6-10,19-21H2,2-4H3. The van der Waals surface area contributed by atoms with Crippen LogP contribution in [-0.2, 0) is 14.3 Å². The zero-order chi connectivity index (χ0) is 28.2. The summed E-state index contributed by atoms with van der Waals surface area (Å²) in [5, 5.41) is 0. The number of esters is 3. The molecule has 2 aromatic carbocycles. The average Bonchev–Trinajstić information content (AvgIpc) is 2.91. The highest BCUT2D eigenvalue weighted by atomic mass is 16.5. The van der Waals surface area contributed by atoms with Crippen LogP contribution < -0.4 is 14.2 Å². The molecule has 39 heavy (non-hydrogen) atoms. The first-order valence-corrected chi connectivity index (χ1v) is 13.8. The van der Waals surface area contributed by atoms with Crippen LogP contribution in [0.15, 0.2) is 61.2 Å². The van der Waals surface area contributed by atoms with Crippen LogP contribution in [0.25, 0.3) is 0 Å². The monoisotopic (exact) mass is 536 g/mol. The number of hydrogen-bond donors (Lipinski definition) is 0. The van der Waals surface area contributed by atoms with Crippen molar-refractivity contribution in [1.82, 2.24) is 0 Å². The minimum atomic E-state index is -0.508. The molecule has 7 nitrogen and oxygen atoms in total. The second kappa shape index (κ2) is 15.1. The molecule has 1 saturated carbocycles. The Kier molecular flexibility index (Phi) is 11.6. The summed E-state index contributed by atoms with van der Waals surface area (Å²) in [5.74, 6) is 1.73. The number of benzene rings is 2. The molecular weight excluding hydrogens is 496 g/mol. The zero-order valence-electron chi connectivity index (χ0n) is 23.2. The Hall–Kier alpha value is -3.61. The lowest BCUT2D eigenvalue weighted by atomic mass is 9.75. The topological polar surface area (TPSA) is 88.1 Å². The summed E-state index contributed by atoms with van der Waals surface area (Å²) in [7, 11) is 0. The number of carbonyl (C=O) groups excluding carboxylic acids is 3. The quantitative estimate of drug-likeness (QED) is 0.119. The molecule has 0 aliphatic heterocycles. The van der Waals surface area contributed by atoms with Crippen molar-refractivity contribution < 1.29 is 33.3 Å². The van der Waals surface area contributed by atoms with Crippen molar-refractivity contribution in [3.63, 3.8) is 0 Å². The molecule has 1 aliphatic carbocycles. The predicted molar refractivity (Wildman–Crippen MR) is 149 cm³/mol. The lowest BCUT2D eigenvalue weighted by Gasteiger charge is -2.36. The smallest absolute Gasteiger partial charge is 0.343 e. The van der Waals surface area contributed by atoms with Gasteiger partial charge in [0.15, 0.2) is 0 Å². The van der Waals surface area contributed by atoms with Gasteiger partial charge in [-0.3, -0.25) is 9.59 Å². The molecule has 210 valence electrons. The summed E-state index contributed by atoms with van der Waals surface area (Å²) in [6.45, 7) is 10.6. The molecule has 3 rings (SSSR count). The molecule has 0 aromatic heterocycles. The Morgan fingerprint density at radius 2 is 1.46 bits per heavy atom. The Morgan fingerprint density at radius 1 is 0.872 bits per heavy atom. The van der Waals surface area contributed by atoms with Crippen molar-refractivity contribution in [2.24, 2.45) is 17.8 Å². The highest BCUT2D eigenvalue weighted by Crippen LogP contribution is 2.35. The Bertz CT molecular complexity index is 1090. The average molecular weight is 537 g/mol. The van der Waals surface area contributed by atoms with Crippen LogP contribution in [0.1, 0.15) is 76.1 Å². The van der Waals surface area contributed by atoms with Gasteiger partial charge >= 0.3 is 17.9 Å². The van der Waals surface area contributed by atoms with Crippen LogP contribution in [-0.4, -0.2) is 30.6 Å². The van der Waals surface area contributed by atoms with E-state index in [1.165, 1.54) is 6.42 Å². The minimum absolute atomic E-state index is 0.00370. The molecule has 1 aliphatic rings. The molecule has 2 aromatic rings. The maximum atomic E-state index is 12.4. The normalized spacial score (nSPS) is 18.7. The van der Waals surface area contributed by atoms with Gasteiger partial charge in [0, 0.05) is 12.8 Å². The molecular formula is C32H40O7. The number of hydrogen-bond acceptors (Lipinski definition) is 7. The largest absolute Gasteiger partial charge is 0.490 e. The van der Waals surface area contributed by atoms with Crippen molar-refractivity contribution in [3.8, 4) is 17.2 Å². The molecule has 0 amide bonds. The first-order chi connectivity index (χ1) is 18.7. The van der Waals surface area contributed by atoms with Crippen LogP contribution in [0.3, 0.4) is 0 Å². The molecule has 0 saturated heterocycles. The van der Waals surface area contributed by atoms with E-state index >= 15 is 0 Å². The number of rotatable bonds is 13. The molecule has 3 atom stereocenters. The van der Waals surface area contributed by atoms with Crippen LogP contribution in [0.2, 0.25) is 0 Å². The van der Waals surface area contributed by atoms with Crippen molar-refractivity contribution in [1.29, 1.82) is 0 Å². The van der Waals surface area contributed by atoms with E-state index in [9.17, 15) is 14.4 Å². The van der Waals surface area contributed by atoms with E-state index < -0.39 is 5.97 Å². The Morgan fingerprint density at radius 3 is 2.08 bits per heavy atom. The number of unbranched alkanes of at least 4 members (excludes halogenated alkanes) is 1. The van der Waals surface area contributed by atoms with Crippen LogP contribution in [0, 0.1) is 17.8 Å². The van der Waals surface area contributed by atoms with E-state index in [4.69, 9.17) is 18.9 Å². The molecule has 0 N–H and O–H groups in total. The molecule has 0 bridgehead atoms. The van der Waals surface area contributed by atoms with E-state index in [1.807, 2.05) is 0 Å². The van der Waals surface area contributed by atoms with Crippen molar-refractivity contribution in [2.75, 3.05) is 6.61 Å². The van der Waals surface area contributed by atoms with Crippen LogP contribution >= 0.6 is 0 Å². The molecule has 0 heterocycles. The van der Waals surface area contributed by atoms with Gasteiger partial charge in [-0.15, -0.1) is 0 Å². The summed E-state index contributed by atoms with van der Waals surface area (Å²) in [6.07, 6.45) is 6.46. The van der Waals surface area contributed by atoms with Crippen molar-refractivity contribution >= 4 is 17.9 Å². The summed E-state index contributed by atoms with van der Waals surface area (Å²) < 4.78 is 22.0. The second-order valence-electron chi connectivity index (χ2n) is 10.5. The third kappa shape index (κ3) is 9.89. The van der Waals surface area contributed by atoms with Crippen LogP contribution in [0.4, 0.5) is 0 Å². The maximum Gasteiger partial charge on any atom is 0.343 e. The first kappa shape index (κ1) is 29.9. The fraction of sp³-hybridized carbons (Fsp3) is 0.469. The maximum absolute atomic E-state index is 12.4. The summed E-state index contributed by atoms with van der Waals surface area (Å²) in [6, 6.07) is 12.9.